The zero-order valence-electron chi connectivity index (χ0n) is 22.5. The van der Waals surface area contributed by atoms with Gasteiger partial charge in [-0.15, -0.1) is 0 Å². The van der Waals surface area contributed by atoms with Crippen LogP contribution >= 0.6 is 0 Å². The van der Waals surface area contributed by atoms with Crippen molar-refractivity contribution < 1.29 is 19.0 Å². The maximum atomic E-state index is 13.7. The number of halogens is 1. The summed E-state index contributed by atoms with van der Waals surface area (Å²) in [6.45, 7) is 4.88. The van der Waals surface area contributed by atoms with Gasteiger partial charge >= 0.3 is 6.03 Å². The summed E-state index contributed by atoms with van der Waals surface area (Å²) in [4.78, 5) is 17.4. The number of likely N-dealkylation sites (N-methyl/N-ethyl adjacent to an activating group) is 1. The second-order valence-corrected chi connectivity index (χ2v) is 10.9. The number of carbonyl (C=O) groups is 1. The Kier molecular flexibility index (Phi) is 9.22. The number of rotatable bonds is 9. The second-order valence-electron chi connectivity index (χ2n) is 10.9. The minimum absolute atomic E-state index is 0.0363. The molecule has 2 heterocycles. The molecule has 0 radical (unpaired) electrons. The van der Waals surface area contributed by atoms with Crippen LogP contribution in [0.3, 0.4) is 0 Å². The van der Waals surface area contributed by atoms with Gasteiger partial charge in [0.05, 0.1) is 5.60 Å². The first-order chi connectivity index (χ1) is 17.8. The lowest BCUT2D eigenvalue weighted by molar-refractivity contribution is -0.0559. The number of hydrogen-bond acceptors (Lipinski definition) is 4. The van der Waals surface area contributed by atoms with Crippen molar-refractivity contribution in [1.82, 2.24) is 15.1 Å². The Morgan fingerprint density at radius 2 is 1.92 bits per heavy atom. The zero-order valence-corrected chi connectivity index (χ0v) is 22.5. The van der Waals surface area contributed by atoms with Crippen molar-refractivity contribution in [3.8, 4) is 11.1 Å². The molecule has 7 heteroatoms. The molecule has 4 rings (SSSR count). The number of urea groups is 1. The molecule has 0 aromatic heterocycles. The third-order valence-electron chi connectivity index (χ3n) is 8.30. The van der Waals surface area contributed by atoms with Crippen LogP contribution in [0.15, 0.2) is 48.5 Å². The van der Waals surface area contributed by atoms with Crippen LogP contribution in [-0.2, 0) is 10.3 Å². The van der Waals surface area contributed by atoms with Gasteiger partial charge in [0.1, 0.15) is 5.82 Å². The van der Waals surface area contributed by atoms with Crippen molar-refractivity contribution in [3.63, 3.8) is 0 Å². The second kappa shape index (κ2) is 12.4. The van der Waals surface area contributed by atoms with Gasteiger partial charge in [-0.3, -0.25) is 0 Å². The van der Waals surface area contributed by atoms with Crippen LogP contribution in [0, 0.1) is 11.7 Å². The van der Waals surface area contributed by atoms with Gasteiger partial charge in [-0.25, -0.2) is 9.18 Å². The van der Waals surface area contributed by atoms with Crippen molar-refractivity contribution in [2.24, 2.45) is 5.92 Å². The largest absolute Gasteiger partial charge is 0.385 e. The molecule has 1 unspecified atom stereocenters. The van der Waals surface area contributed by atoms with Crippen molar-refractivity contribution in [2.75, 3.05) is 40.4 Å². The van der Waals surface area contributed by atoms with Crippen LogP contribution in [-0.4, -0.2) is 73.4 Å². The summed E-state index contributed by atoms with van der Waals surface area (Å²) in [5, 5.41) is 15.7. The highest BCUT2D eigenvalue weighted by atomic mass is 19.1. The lowest BCUT2D eigenvalue weighted by Crippen LogP contribution is -2.52. The number of hydrogen-bond donors (Lipinski definition) is 2. The highest BCUT2D eigenvalue weighted by Crippen LogP contribution is 2.43. The maximum Gasteiger partial charge on any atom is 0.317 e. The summed E-state index contributed by atoms with van der Waals surface area (Å²) in [5.74, 6) is -0.394. The van der Waals surface area contributed by atoms with Crippen LogP contribution in [0.1, 0.15) is 51.0 Å². The third-order valence-corrected chi connectivity index (χ3v) is 8.30. The molecule has 0 saturated carbocycles. The molecular weight excluding hydrogens is 469 g/mol. The van der Waals surface area contributed by atoms with E-state index in [4.69, 9.17) is 4.74 Å². The molecule has 2 aliphatic rings. The van der Waals surface area contributed by atoms with E-state index in [-0.39, 0.29) is 23.8 Å². The maximum absolute atomic E-state index is 13.7. The van der Waals surface area contributed by atoms with E-state index in [0.717, 1.165) is 55.3 Å². The molecule has 4 atom stereocenters. The van der Waals surface area contributed by atoms with Crippen molar-refractivity contribution >= 4 is 6.03 Å². The fourth-order valence-corrected chi connectivity index (χ4v) is 6.06. The average molecular weight is 512 g/mol. The number of amides is 2. The van der Waals surface area contributed by atoms with Gasteiger partial charge in [-0.2, -0.15) is 0 Å². The van der Waals surface area contributed by atoms with Gasteiger partial charge in [0, 0.05) is 51.4 Å². The molecule has 0 aliphatic carbocycles. The molecule has 0 spiro atoms. The highest BCUT2D eigenvalue weighted by Gasteiger charge is 2.42. The topological polar surface area (TPSA) is 65.0 Å². The Balaban J connectivity index is 1.58. The van der Waals surface area contributed by atoms with Crippen LogP contribution in [0.2, 0.25) is 0 Å². The summed E-state index contributed by atoms with van der Waals surface area (Å²) in [7, 11) is 3.78. The van der Waals surface area contributed by atoms with E-state index >= 15 is 0 Å². The number of piperidine rings is 1. The average Bonchev–Trinajstić information content (AvgIpc) is 3.23. The van der Waals surface area contributed by atoms with E-state index in [1.54, 1.807) is 19.2 Å². The van der Waals surface area contributed by atoms with Gasteiger partial charge in [0.25, 0.3) is 0 Å². The zero-order chi connectivity index (χ0) is 26.4. The number of unbranched alkanes of at least 4 members (excludes halogenated alkanes) is 1. The summed E-state index contributed by atoms with van der Waals surface area (Å²) in [5.41, 5.74) is 1.50. The van der Waals surface area contributed by atoms with Gasteiger partial charge < -0.3 is 25.0 Å². The van der Waals surface area contributed by atoms with Crippen molar-refractivity contribution in [2.45, 2.75) is 63.1 Å². The number of nitrogens with one attached hydrogen (secondary N) is 1. The molecule has 37 heavy (non-hydrogen) atoms. The summed E-state index contributed by atoms with van der Waals surface area (Å²) in [6, 6.07) is 14.9. The van der Waals surface area contributed by atoms with Gasteiger partial charge in [-0.1, -0.05) is 36.4 Å². The molecule has 2 saturated heterocycles. The van der Waals surface area contributed by atoms with Crippen LogP contribution in [0.25, 0.3) is 11.1 Å². The fourth-order valence-electron chi connectivity index (χ4n) is 6.06. The lowest BCUT2D eigenvalue weighted by Gasteiger charge is -2.43. The quantitative estimate of drug-likeness (QED) is 0.465. The van der Waals surface area contributed by atoms with Gasteiger partial charge in [0.2, 0.25) is 0 Å². The highest BCUT2D eigenvalue weighted by molar-refractivity contribution is 5.75. The molecule has 2 fully saturated rings. The molecule has 2 aliphatic heterocycles. The van der Waals surface area contributed by atoms with Crippen LogP contribution < -0.4 is 5.32 Å². The van der Waals surface area contributed by atoms with Crippen LogP contribution in [0.5, 0.6) is 0 Å². The summed E-state index contributed by atoms with van der Waals surface area (Å²) < 4.78 is 18.9. The number of benzene rings is 2. The van der Waals surface area contributed by atoms with Gasteiger partial charge in [-0.05, 0) is 81.3 Å². The Bertz CT molecular complexity index is 1020. The van der Waals surface area contributed by atoms with E-state index < -0.39 is 5.60 Å². The number of carbonyl (C=O) groups excluding carboxylic acids is 1. The predicted molar refractivity (Wildman–Crippen MR) is 145 cm³/mol. The third kappa shape index (κ3) is 6.51. The Hall–Kier alpha value is -2.48. The number of aliphatic hydroxyl groups is 1. The first-order valence-electron chi connectivity index (χ1n) is 13.6. The SMILES string of the molecule is COCCCC[C@@](O)(c1ccccc1-c1ccc(F)cc1)[C@@H]1CCCN(C(=O)N[C@H]2CC(C)N(C)C2)C1. The number of nitrogens with zero attached hydrogens (tertiary/aromatic N) is 2. The molecule has 2 N–H and O–H groups in total. The van der Waals surface area contributed by atoms with E-state index in [1.807, 2.05) is 29.2 Å². The van der Waals surface area contributed by atoms with Crippen molar-refractivity contribution in [3.05, 3.63) is 59.9 Å². The molecule has 2 aromatic carbocycles. The fraction of sp³-hybridized carbons (Fsp3) is 0.567. The van der Waals surface area contributed by atoms with E-state index in [1.165, 1.54) is 12.1 Å². The Morgan fingerprint density at radius 1 is 1.16 bits per heavy atom. The number of likely N-dealkylation sites (tertiary alicyclic amines) is 2. The minimum atomic E-state index is -1.13. The number of methoxy groups -OCH3 is 1. The van der Waals surface area contributed by atoms with E-state index in [9.17, 15) is 14.3 Å². The van der Waals surface area contributed by atoms with Crippen molar-refractivity contribution in [1.29, 1.82) is 0 Å². The van der Waals surface area contributed by atoms with Crippen LogP contribution in [0.4, 0.5) is 9.18 Å². The molecule has 2 aromatic rings. The molecular formula is C30H42FN3O3. The standard InChI is InChI=1S/C30H42FN3O3/c1-22-19-26(21-33(22)2)32-29(35)34-17-8-9-24(20-34)30(36,16-6-7-18-37-3)28-11-5-4-10-27(28)23-12-14-25(31)15-13-23/h4-5,10-15,22,24,26,36H,6-9,16-21H2,1-3H3,(H,32,35)/t22?,24-,26+,30+/m1/s1. The molecule has 2 amide bonds. The summed E-state index contributed by atoms with van der Waals surface area (Å²) in [6.07, 6.45) is 4.86. The molecule has 0 bridgehead atoms. The first kappa shape index (κ1) is 27.6. The van der Waals surface area contributed by atoms with Gasteiger partial charge in [0.15, 0.2) is 0 Å². The smallest absolute Gasteiger partial charge is 0.317 e. The Morgan fingerprint density at radius 3 is 2.62 bits per heavy atom. The monoisotopic (exact) mass is 511 g/mol. The number of ether oxygens (including phenoxy) is 1. The normalized spacial score (nSPS) is 24.1. The van der Waals surface area contributed by atoms with E-state index in [0.29, 0.717) is 32.2 Å². The van der Waals surface area contributed by atoms with E-state index in [2.05, 4.69) is 24.2 Å². The molecule has 202 valence electrons. The first-order valence-corrected chi connectivity index (χ1v) is 13.6. The summed E-state index contributed by atoms with van der Waals surface area (Å²) >= 11 is 0. The Labute approximate surface area is 220 Å². The lowest BCUT2D eigenvalue weighted by atomic mass is 9.72. The molecule has 6 nitrogen and oxygen atoms in total. The minimum Gasteiger partial charge on any atom is -0.385 e. The predicted octanol–water partition coefficient (Wildman–Crippen LogP) is 5.01.